The van der Waals surface area contributed by atoms with Gasteiger partial charge in [0.05, 0.1) is 17.4 Å². The van der Waals surface area contributed by atoms with Crippen LogP contribution < -0.4 is 0 Å². The summed E-state index contributed by atoms with van der Waals surface area (Å²) in [5.74, 6) is -0.195. The molecule has 126 valence electrons. The van der Waals surface area contributed by atoms with Gasteiger partial charge in [0.25, 0.3) is 0 Å². The molecular weight excluding hydrogens is 300 g/mol. The first kappa shape index (κ1) is 16.7. The van der Waals surface area contributed by atoms with E-state index < -0.39 is 10.8 Å². The van der Waals surface area contributed by atoms with E-state index in [2.05, 4.69) is 24.3 Å². The van der Waals surface area contributed by atoms with E-state index in [9.17, 15) is 4.79 Å². The number of methoxy groups -OCH3 is 1. The highest BCUT2D eigenvalue weighted by Crippen LogP contribution is 2.49. The summed E-state index contributed by atoms with van der Waals surface area (Å²) in [6.07, 6.45) is 0. The van der Waals surface area contributed by atoms with Crippen LogP contribution in [0.3, 0.4) is 0 Å². The molecule has 0 unspecified atom stereocenters. The Labute approximate surface area is 143 Å². The Hall–Kier alpha value is -2.13. The fourth-order valence-electron chi connectivity index (χ4n) is 3.42. The monoisotopic (exact) mass is 324 g/mol. The predicted octanol–water partition coefficient (Wildman–Crippen LogP) is 4.19. The molecule has 3 nitrogen and oxygen atoms in total. The Kier molecular flexibility index (Phi) is 4.22. The number of ether oxygens (including phenoxy) is 2. The zero-order chi connectivity index (χ0) is 17.4. The SMILES string of the molecule is COCC1(COC(=O)C(C)(C)C)c2ccccc2-c2ccccc21. The molecule has 1 aliphatic carbocycles. The lowest BCUT2D eigenvalue weighted by Gasteiger charge is -2.32. The molecule has 0 aromatic heterocycles. The lowest BCUT2D eigenvalue weighted by atomic mass is 9.79. The molecule has 0 radical (unpaired) electrons. The summed E-state index contributed by atoms with van der Waals surface area (Å²) in [7, 11) is 1.69. The maximum atomic E-state index is 12.3. The maximum Gasteiger partial charge on any atom is 0.311 e. The smallest absolute Gasteiger partial charge is 0.311 e. The van der Waals surface area contributed by atoms with Crippen LogP contribution in [0.15, 0.2) is 48.5 Å². The second-order valence-corrected chi connectivity index (χ2v) is 7.43. The minimum atomic E-state index is -0.522. The minimum Gasteiger partial charge on any atom is -0.464 e. The predicted molar refractivity (Wildman–Crippen MR) is 94.9 cm³/mol. The lowest BCUT2D eigenvalue weighted by molar-refractivity contribution is -0.155. The number of esters is 1. The highest BCUT2D eigenvalue weighted by Gasteiger charge is 2.44. The number of hydrogen-bond acceptors (Lipinski definition) is 3. The summed E-state index contributed by atoms with van der Waals surface area (Å²) in [6.45, 7) is 6.36. The van der Waals surface area contributed by atoms with E-state index >= 15 is 0 Å². The molecule has 1 aliphatic rings. The normalized spacial score (nSPS) is 14.8. The van der Waals surface area contributed by atoms with E-state index in [4.69, 9.17) is 9.47 Å². The third-order valence-corrected chi connectivity index (χ3v) is 4.63. The molecule has 0 saturated carbocycles. The van der Waals surface area contributed by atoms with Gasteiger partial charge < -0.3 is 9.47 Å². The van der Waals surface area contributed by atoms with Gasteiger partial charge in [-0.15, -0.1) is 0 Å². The fraction of sp³-hybridized carbons (Fsp3) is 0.381. The van der Waals surface area contributed by atoms with Gasteiger partial charge in [-0.3, -0.25) is 4.79 Å². The number of rotatable bonds is 4. The van der Waals surface area contributed by atoms with E-state index in [-0.39, 0.29) is 12.6 Å². The molecule has 0 N–H and O–H groups in total. The van der Waals surface area contributed by atoms with Gasteiger partial charge in [0, 0.05) is 7.11 Å². The molecule has 0 spiro atoms. The largest absolute Gasteiger partial charge is 0.464 e. The number of carbonyl (C=O) groups is 1. The van der Waals surface area contributed by atoms with Gasteiger partial charge in [-0.1, -0.05) is 48.5 Å². The van der Waals surface area contributed by atoms with E-state index in [0.29, 0.717) is 6.61 Å². The molecule has 2 aromatic rings. The van der Waals surface area contributed by atoms with Crippen LogP contribution in [0.2, 0.25) is 0 Å². The number of carbonyl (C=O) groups excluding carboxylic acids is 1. The molecule has 0 aliphatic heterocycles. The third kappa shape index (κ3) is 2.63. The summed E-state index contributed by atoms with van der Waals surface area (Å²) in [4.78, 5) is 12.3. The van der Waals surface area contributed by atoms with Crippen molar-refractivity contribution >= 4 is 5.97 Å². The van der Waals surface area contributed by atoms with Crippen LogP contribution in [-0.2, 0) is 19.7 Å². The second-order valence-electron chi connectivity index (χ2n) is 7.43. The quantitative estimate of drug-likeness (QED) is 0.791. The van der Waals surface area contributed by atoms with Crippen molar-refractivity contribution in [2.75, 3.05) is 20.3 Å². The van der Waals surface area contributed by atoms with Gasteiger partial charge in [0.1, 0.15) is 6.61 Å². The molecule has 0 heterocycles. The number of hydrogen-bond donors (Lipinski definition) is 0. The summed E-state index contributed by atoms with van der Waals surface area (Å²) in [5, 5.41) is 0. The van der Waals surface area contributed by atoms with Crippen LogP contribution in [0.25, 0.3) is 11.1 Å². The first-order valence-electron chi connectivity index (χ1n) is 8.26. The summed E-state index contributed by atoms with van der Waals surface area (Å²) < 4.78 is 11.3. The molecule has 0 amide bonds. The molecule has 24 heavy (non-hydrogen) atoms. The van der Waals surface area contributed by atoms with Crippen LogP contribution in [0.5, 0.6) is 0 Å². The Balaban J connectivity index is 2.08. The van der Waals surface area contributed by atoms with Gasteiger partial charge in [-0.05, 0) is 43.0 Å². The van der Waals surface area contributed by atoms with Crippen molar-refractivity contribution in [2.45, 2.75) is 26.2 Å². The van der Waals surface area contributed by atoms with Crippen molar-refractivity contribution in [1.29, 1.82) is 0 Å². The van der Waals surface area contributed by atoms with E-state index in [1.54, 1.807) is 7.11 Å². The Morgan fingerprint density at radius 2 is 1.42 bits per heavy atom. The zero-order valence-corrected chi connectivity index (χ0v) is 14.8. The van der Waals surface area contributed by atoms with Crippen LogP contribution in [0, 0.1) is 5.41 Å². The standard InChI is InChI=1S/C21H24O3/c1-20(2,3)19(22)24-14-21(13-23-4)17-11-7-5-9-15(17)16-10-6-8-12-18(16)21/h5-12H,13-14H2,1-4H3. The maximum absolute atomic E-state index is 12.3. The highest BCUT2D eigenvalue weighted by molar-refractivity contribution is 5.82. The zero-order valence-electron chi connectivity index (χ0n) is 14.8. The topological polar surface area (TPSA) is 35.5 Å². The van der Waals surface area contributed by atoms with Crippen LogP contribution in [0.1, 0.15) is 31.9 Å². The molecular formula is C21H24O3. The second kappa shape index (κ2) is 6.06. The van der Waals surface area contributed by atoms with Crippen molar-refractivity contribution in [3.63, 3.8) is 0 Å². The first-order valence-corrected chi connectivity index (χ1v) is 8.26. The van der Waals surface area contributed by atoms with Gasteiger partial charge >= 0.3 is 5.97 Å². The fourth-order valence-corrected chi connectivity index (χ4v) is 3.42. The number of fused-ring (bicyclic) bond motifs is 3. The van der Waals surface area contributed by atoms with Crippen molar-refractivity contribution in [2.24, 2.45) is 5.41 Å². The van der Waals surface area contributed by atoms with Crippen LogP contribution in [0.4, 0.5) is 0 Å². The summed E-state index contributed by atoms with van der Waals surface area (Å²) in [6, 6.07) is 16.6. The van der Waals surface area contributed by atoms with Crippen molar-refractivity contribution in [3.8, 4) is 11.1 Å². The van der Waals surface area contributed by atoms with Crippen molar-refractivity contribution < 1.29 is 14.3 Å². The molecule has 2 aromatic carbocycles. The first-order chi connectivity index (χ1) is 11.4. The van der Waals surface area contributed by atoms with Gasteiger partial charge in [-0.25, -0.2) is 0 Å². The third-order valence-electron chi connectivity index (χ3n) is 4.63. The summed E-state index contributed by atoms with van der Waals surface area (Å²) in [5.41, 5.74) is 3.73. The van der Waals surface area contributed by atoms with E-state index in [1.165, 1.54) is 11.1 Å². The summed E-state index contributed by atoms with van der Waals surface area (Å²) >= 11 is 0. The Morgan fingerprint density at radius 3 is 1.88 bits per heavy atom. The Morgan fingerprint density at radius 1 is 0.917 bits per heavy atom. The highest BCUT2D eigenvalue weighted by atomic mass is 16.5. The molecule has 3 heteroatoms. The number of benzene rings is 2. The lowest BCUT2D eigenvalue weighted by Crippen LogP contribution is -2.38. The molecule has 0 atom stereocenters. The van der Waals surface area contributed by atoms with Gasteiger partial charge in [0.15, 0.2) is 0 Å². The minimum absolute atomic E-state index is 0.195. The van der Waals surface area contributed by atoms with Gasteiger partial charge in [-0.2, -0.15) is 0 Å². The van der Waals surface area contributed by atoms with Gasteiger partial charge in [0.2, 0.25) is 0 Å². The van der Waals surface area contributed by atoms with Crippen LogP contribution >= 0.6 is 0 Å². The van der Waals surface area contributed by atoms with E-state index in [0.717, 1.165) is 11.1 Å². The molecule has 0 bridgehead atoms. The van der Waals surface area contributed by atoms with Crippen molar-refractivity contribution in [3.05, 3.63) is 59.7 Å². The molecule has 0 saturated heterocycles. The Bertz CT molecular complexity index is 710. The average molecular weight is 324 g/mol. The molecule has 3 rings (SSSR count). The van der Waals surface area contributed by atoms with E-state index in [1.807, 2.05) is 45.0 Å². The van der Waals surface area contributed by atoms with Crippen LogP contribution in [-0.4, -0.2) is 26.3 Å². The molecule has 0 fully saturated rings. The average Bonchev–Trinajstić information content (AvgIpc) is 2.84. The van der Waals surface area contributed by atoms with Crippen molar-refractivity contribution in [1.82, 2.24) is 0 Å².